The van der Waals surface area contributed by atoms with Gasteiger partial charge in [-0.1, -0.05) is 29.3 Å². The fourth-order valence-electron chi connectivity index (χ4n) is 3.38. The van der Waals surface area contributed by atoms with Crippen LogP contribution in [0.2, 0.25) is 10.0 Å². The molecule has 0 unspecified atom stereocenters. The predicted molar refractivity (Wildman–Crippen MR) is 124 cm³/mol. The summed E-state index contributed by atoms with van der Waals surface area (Å²) in [5, 5.41) is 16.5. The number of hydrogen-bond donors (Lipinski definition) is 2. The Morgan fingerprint density at radius 2 is 1.85 bits per heavy atom. The van der Waals surface area contributed by atoms with E-state index in [-0.39, 0.29) is 5.69 Å². The van der Waals surface area contributed by atoms with Crippen LogP contribution in [-0.2, 0) is 0 Å². The number of amides is 1. The van der Waals surface area contributed by atoms with Gasteiger partial charge >= 0.3 is 0 Å². The lowest BCUT2D eigenvalue weighted by Crippen LogP contribution is -2.14. The van der Waals surface area contributed by atoms with Gasteiger partial charge in [-0.3, -0.25) is 14.2 Å². The maximum atomic E-state index is 12.0. The number of rotatable bonds is 5. The Balaban J connectivity index is 1.48. The molecule has 0 aliphatic heterocycles. The predicted octanol–water partition coefficient (Wildman–Crippen LogP) is 3.83. The minimum Gasteiger partial charge on any atom is -0.364 e. The molecule has 0 saturated heterocycles. The number of nitrogens with one attached hydrogen (secondary N) is 1. The number of hydrogen-bond acceptors (Lipinski definition) is 7. The highest BCUT2D eigenvalue weighted by atomic mass is 35.5. The van der Waals surface area contributed by atoms with Crippen LogP contribution in [0.1, 0.15) is 16.3 Å². The first-order valence-corrected chi connectivity index (χ1v) is 10.4. The SMILES string of the molecule is Cc1nccc2nnc(-c3ccc(Nc4cn(-c5c(Cl)cccc5Cl)nc4C(N)=O)cn3)n12. The van der Waals surface area contributed by atoms with E-state index in [0.29, 0.717) is 44.3 Å². The molecule has 0 bridgehead atoms. The van der Waals surface area contributed by atoms with Gasteiger partial charge in [0.15, 0.2) is 17.2 Å². The van der Waals surface area contributed by atoms with Gasteiger partial charge in [0.25, 0.3) is 5.91 Å². The van der Waals surface area contributed by atoms with Crippen molar-refractivity contribution in [2.45, 2.75) is 6.92 Å². The monoisotopic (exact) mass is 479 g/mol. The molecule has 1 aromatic carbocycles. The van der Waals surface area contributed by atoms with Gasteiger partial charge in [-0.15, -0.1) is 10.2 Å². The van der Waals surface area contributed by atoms with Crippen LogP contribution < -0.4 is 11.1 Å². The lowest BCUT2D eigenvalue weighted by atomic mass is 10.3. The van der Waals surface area contributed by atoms with Crippen LogP contribution in [0.25, 0.3) is 22.9 Å². The molecule has 0 aliphatic carbocycles. The summed E-state index contributed by atoms with van der Waals surface area (Å²) in [6.07, 6.45) is 4.87. The van der Waals surface area contributed by atoms with Crippen LogP contribution >= 0.6 is 23.2 Å². The second kappa shape index (κ2) is 8.15. The summed E-state index contributed by atoms with van der Waals surface area (Å²) in [7, 11) is 0. The quantitative estimate of drug-likeness (QED) is 0.391. The van der Waals surface area contributed by atoms with Crippen molar-refractivity contribution in [3.8, 4) is 17.2 Å². The highest BCUT2D eigenvalue weighted by Crippen LogP contribution is 2.30. The number of halogens is 2. The smallest absolute Gasteiger partial charge is 0.271 e. The summed E-state index contributed by atoms with van der Waals surface area (Å²) in [6, 6.07) is 10.4. The summed E-state index contributed by atoms with van der Waals surface area (Å²) in [5.41, 5.74) is 8.27. The molecule has 33 heavy (non-hydrogen) atoms. The molecule has 5 rings (SSSR count). The van der Waals surface area contributed by atoms with E-state index in [2.05, 4.69) is 30.6 Å². The maximum Gasteiger partial charge on any atom is 0.271 e. The zero-order chi connectivity index (χ0) is 23.1. The van der Waals surface area contributed by atoms with Gasteiger partial charge < -0.3 is 11.1 Å². The summed E-state index contributed by atoms with van der Waals surface area (Å²) in [4.78, 5) is 20.7. The van der Waals surface area contributed by atoms with Crippen LogP contribution in [0, 0.1) is 6.92 Å². The number of aryl methyl sites for hydroxylation is 1. The van der Waals surface area contributed by atoms with Gasteiger partial charge in [0.1, 0.15) is 17.2 Å². The Kier molecular flexibility index (Phi) is 5.15. The number of para-hydroxylation sites is 1. The summed E-state index contributed by atoms with van der Waals surface area (Å²) in [5.74, 6) is 0.608. The first kappa shape index (κ1) is 20.9. The van der Waals surface area contributed by atoms with Crippen LogP contribution in [-0.4, -0.2) is 40.3 Å². The molecule has 5 aromatic rings. The number of carbonyl (C=O) groups is 1. The fraction of sp³-hybridized carbons (Fsp3) is 0.0476. The molecule has 0 spiro atoms. The normalized spacial score (nSPS) is 11.1. The number of carbonyl (C=O) groups excluding carboxylic acids is 1. The number of primary amides is 1. The molecule has 4 heterocycles. The number of benzene rings is 1. The van der Waals surface area contributed by atoms with E-state index in [0.717, 1.165) is 5.82 Å². The van der Waals surface area contributed by atoms with E-state index < -0.39 is 5.91 Å². The summed E-state index contributed by atoms with van der Waals surface area (Å²) >= 11 is 12.5. The van der Waals surface area contributed by atoms with Crippen molar-refractivity contribution >= 4 is 46.1 Å². The van der Waals surface area contributed by atoms with E-state index in [1.165, 1.54) is 4.68 Å². The molecule has 12 heteroatoms. The minimum absolute atomic E-state index is 0.0280. The average molecular weight is 480 g/mol. The lowest BCUT2D eigenvalue weighted by Gasteiger charge is -2.07. The number of nitrogens with two attached hydrogens (primary N) is 1. The lowest BCUT2D eigenvalue weighted by molar-refractivity contribution is 0.0996. The molecular weight excluding hydrogens is 465 g/mol. The third-order valence-electron chi connectivity index (χ3n) is 4.88. The first-order chi connectivity index (χ1) is 15.9. The van der Waals surface area contributed by atoms with Crippen LogP contribution in [0.5, 0.6) is 0 Å². The van der Waals surface area contributed by atoms with E-state index in [1.807, 2.05) is 11.3 Å². The molecular formula is C21H15Cl2N9O. The first-order valence-electron chi connectivity index (χ1n) is 9.66. The number of aromatic nitrogens is 7. The van der Waals surface area contributed by atoms with E-state index >= 15 is 0 Å². The molecule has 3 N–H and O–H groups in total. The van der Waals surface area contributed by atoms with Crippen molar-refractivity contribution in [3.63, 3.8) is 0 Å². The number of anilines is 2. The zero-order valence-corrected chi connectivity index (χ0v) is 18.6. The van der Waals surface area contributed by atoms with E-state index in [9.17, 15) is 4.79 Å². The molecule has 0 radical (unpaired) electrons. The molecule has 0 atom stereocenters. The Morgan fingerprint density at radius 3 is 2.55 bits per heavy atom. The number of pyridine rings is 1. The molecule has 0 saturated carbocycles. The Morgan fingerprint density at radius 1 is 1.06 bits per heavy atom. The van der Waals surface area contributed by atoms with Crippen LogP contribution in [0.3, 0.4) is 0 Å². The van der Waals surface area contributed by atoms with Gasteiger partial charge in [-0.2, -0.15) is 5.10 Å². The van der Waals surface area contributed by atoms with Gasteiger partial charge in [-0.25, -0.2) is 9.67 Å². The van der Waals surface area contributed by atoms with Gasteiger partial charge in [-0.05, 0) is 31.2 Å². The van der Waals surface area contributed by atoms with Crippen molar-refractivity contribution in [3.05, 3.63) is 76.6 Å². The van der Waals surface area contributed by atoms with E-state index in [4.69, 9.17) is 28.9 Å². The van der Waals surface area contributed by atoms with Crippen molar-refractivity contribution in [2.75, 3.05) is 5.32 Å². The molecule has 0 aliphatic rings. The molecule has 4 aromatic heterocycles. The summed E-state index contributed by atoms with van der Waals surface area (Å²) in [6.45, 7) is 1.87. The third-order valence-corrected chi connectivity index (χ3v) is 5.49. The topological polar surface area (TPSA) is 129 Å². The maximum absolute atomic E-state index is 12.0. The van der Waals surface area contributed by atoms with Crippen molar-refractivity contribution in [2.24, 2.45) is 5.73 Å². The Bertz CT molecular complexity index is 1490. The number of nitrogens with zero attached hydrogens (tertiary/aromatic N) is 7. The van der Waals surface area contributed by atoms with E-state index in [1.54, 1.807) is 55.0 Å². The Hall–Kier alpha value is -4.02. The fourth-order valence-corrected chi connectivity index (χ4v) is 3.95. The number of fused-ring (bicyclic) bond motifs is 1. The third kappa shape index (κ3) is 3.75. The van der Waals surface area contributed by atoms with Crippen LogP contribution in [0.15, 0.2) is 55.0 Å². The molecule has 10 nitrogen and oxygen atoms in total. The second-order valence-electron chi connectivity index (χ2n) is 7.04. The average Bonchev–Trinajstić information content (AvgIpc) is 3.40. The highest BCUT2D eigenvalue weighted by Gasteiger charge is 2.18. The highest BCUT2D eigenvalue weighted by molar-refractivity contribution is 6.37. The van der Waals surface area contributed by atoms with Crippen molar-refractivity contribution in [1.29, 1.82) is 0 Å². The van der Waals surface area contributed by atoms with Gasteiger partial charge in [0, 0.05) is 12.3 Å². The standard InChI is InChI=1S/C21H15Cl2N9O/c1-11-25-8-7-17-28-29-21(32(11)17)15-6-5-12(9-26-15)27-16-10-31(30-18(16)20(24)33)19-13(22)3-2-4-14(19)23/h2-10,27H,1H3,(H2,24,33). The minimum atomic E-state index is -0.707. The molecule has 1 amide bonds. The van der Waals surface area contributed by atoms with Crippen molar-refractivity contribution in [1.82, 2.24) is 34.3 Å². The van der Waals surface area contributed by atoms with Gasteiger partial charge in [0.2, 0.25) is 0 Å². The van der Waals surface area contributed by atoms with Crippen molar-refractivity contribution < 1.29 is 4.79 Å². The van der Waals surface area contributed by atoms with Crippen LogP contribution in [0.4, 0.5) is 11.4 Å². The largest absolute Gasteiger partial charge is 0.364 e. The van der Waals surface area contributed by atoms with Gasteiger partial charge in [0.05, 0.1) is 33.8 Å². The zero-order valence-electron chi connectivity index (χ0n) is 17.1. The second-order valence-corrected chi connectivity index (χ2v) is 7.85. The Labute approximate surface area is 197 Å². The molecule has 164 valence electrons. The molecule has 0 fully saturated rings. The summed E-state index contributed by atoms with van der Waals surface area (Å²) < 4.78 is 3.23.